The molecule has 38 heavy (non-hydrogen) atoms. The zero-order valence-corrected chi connectivity index (χ0v) is 24.0. The number of hydrogen-bond donors (Lipinski definition) is 1. The van der Waals surface area contributed by atoms with Crippen molar-refractivity contribution < 1.29 is 30.3 Å². The van der Waals surface area contributed by atoms with Crippen molar-refractivity contribution in [1.29, 1.82) is 0 Å². The second-order valence-electron chi connectivity index (χ2n) is 9.62. The number of hydrogen-bond acceptors (Lipinski definition) is 9. The van der Waals surface area contributed by atoms with E-state index in [1.54, 1.807) is 5.01 Å². The van der Waals surface area contributed by atoms with Crippen LogP contribution in [0.1, 0.15) is 59.3 Å². The van der Waals surface area contributed by atoms with Gasteiger partial charge in [0.25, 0.3) is 20.2 Å². The molecule has 1 aliphatic rings. The van der Waals surface area contributed by atoms with Crippen LogP contribution in [-0.2, 0) is 24.4 Å². The molecule has 0 fully saturated rings. The molecule has 0 saturated heterocycles. The van der Waals surface area contributed by atoms with Gasteiger partial charge in [0.1, 0.15) is 11.3 Å². The molecule has 0 aliphatic carbocycles. The molecular weight excluding hydrogens is 530 g/mol. The summed E-state index contributed by atoms with van der Waals surface area (Å²) in [4.78, 5) is 0. The van der Waals surface area contributed by atoms with E-state index in [-0.39, 0.29) is 25.2 Å². The van der Waals surface area contributed by atoms with Crippen LogP contribution in [0, 0.1) is 0 Å². The van der Waals surface area contributed by atoms with Crippen molar-refractivity contribution in [3.63, 3.8) is 0 Å². The lowest BCUT2D eigenvalue weighted by Crippen LogP contribution is -2.58. The molecule has 0 bridgehead atoms. The van der Waals surface area contributed by atoms with Gasteiger partial charge in [-0.2, -0.15) is 21.9 Å². The molecule has 3 rings (SSSR count). The predicted molar refractivity (Wildman–Crippen MR) is 147 cm³/mol. The molecule has 1 N–H and O–H groups in total. The molecule has 10 nitrogen and oxygen atoms in total. The fourth-order valence-corrected chi connectivity index (χ4v) is 6.96. The third-order valence-corrected chi connectivity index (χ3v) is 9.57. The second kappa shape index (κ2) is 12.7. The van der Waals surface area contributed by atoms with Gasteiger partial charge in [-0.05, 0) is 55.0 Å². The van der Waals surface area contributed by atoms with Crippen molar-refractivity contribution in [2.24, 2.45) is 10.3 Å². The number of fused-ring (bicyclic) bond motifs is 1. The summed E-state index contributed by atoms with van der Waals surface area (Å²) in [6.07, 6.45) is 2.70. The van der Waals surface area contributed by atoms with Gasteiger partial charge in [0.05, 0.1) is 30.3 Å². The average Bonchev–Trinajstić information content (AvgIpc) is 3.20. The highest BCUT2D eigenvalue weighted by atomic mass is 32.2. The van der Waals surface area contributed by atoms with Gasteiger partial charge in [-0.15, -0.1) is 0 Å². The fourth-order valence-electron chi connectivity index (χ4n) is 5.39. The molecule has 1 atom stereocenters. The predicted octanol–water partition coefficient (Wildman–Crippen LogP) is 5.01. The molecule has 2 aromatic carbocycles. The van der Waals surface area contributed by atoms with E-state index in [1.807, 2.05) is 63.2 Å². The molecule has 2 aromatic rings. The first-order valence-electron chi connectivity index (χ1n) is 13.1. The van der Waals surface area contributed by atoms with E-state index >= 15 is 0 Å². The minimum atomic E-state index is -4.14. The van der Waals surface area contributed by atoms with Gasteiger partial charge in [-0.25, -0.2) is 0 Å². The van der Waals surface area contributed by atoms with Crippen LogP contribution in [0.25, 0.3) is 10.8 Å². The smallest absolute Gasteiger partial charge is 0.267 e. The highest BCUT2D eigenvalue weighted by molar-refractivity contribution is 7.86. The van der Waals surface area contributed by atoms with Gasteiger partial charge in [-0.3, -0.25) is 13.7 Å². The lowest BCUT2D eigenvalue weighted by atomic mass is 9.70. The van der Waals surface area contributed by atoms with Crippen molar-refractivity contribution in [1.82, 2.24) is 5.01 Å². The van der Waals surface area contributed by atoms with Crippen LogP contribution in [-0.4, -0.2) is 68.7 Å². The Bertz CT molecular complexity index is 1310. The topological polar surface area (TPSA) is 135 Å². The van der Waals surface area contributed by atoms with Crippen molar-refractivity contribution in [3.05, 3.63) is 42.5 Å². The summed E-state index contributed by atoms with van der Waals surface area (Å²) in [7, 11) is -7.87. The minimum absolute atomic E-state index is 0.0295. The monoisotopic (exact) mass is 569 g/mol. The highest BCUT2D eigenvalue weighted by Gasteiger charge is 2.56. The fraction of sp³-hybridized carbons (Fsp3) is 0.615. The van der Waals surface area contributed by atoms with E-state index in [9.17, 15) is 21.4 Å². The Balaban J connectivity index is 1.46. The maximum absolute atomic E-state index is 12.5. The summed E-state index contributed by atoms with van der Waals surface area (Å²) in [6.45, 7) is 6.61. The number of rotatable bonds is 16. The Labute approximate surface area is 226 Å². The average molecular weight is 570 g/mol. The first-order chi connectivity index (χ1) is 18.0. The van der Waals surface area contributed by atoms with E-state index in [0.29, 0.717) is 38.8 Å². The molecule has 12 heteroatoms. The van der Waals surface area contributed by atoms with E-state index in [0.717, 1.165) is 16.5 Å². The number of nitrogens with zero attached hydrogens (tertiary/aromatic N) is 3. The molecule has 0 spiro atoms. The first-order valence-corrected chi connectivity index (χ1v) is 16.3. The summed E-state index contributed by atoms with van der Waals surface area (Å²) in [5.41, 5.74) is -1.33. The summed E-state index contributed by atoms with van der Waals surface area (Å²) in [6, 6.07) is 13.8. The van der Waals surface area contributed by atoms with Crippen LogP contribution < -0.4 is 4.74 Å². The molecule has 212 valence electrons. The maximum Gasteiger partial charge on any atom is 0.267 e. The first kappa shape index (κ1) is 30.3. The molecule has 1 heterocycles. The Hall–Kier alpha value is -2.28. The van der Waals surface area contributed by atoms with Crippen LogP contribution in [0.5, 0.6) is 5.75 Å². The quantitative estimate of drug-likeness (QED) is 0.169. The zero-order valence-electron chi connectivity index (χ0n) is 22.4. The van der Waals surface area contributed by atoms with Crippen LogP contribution in [0.2, 0.25) is 0 Å². The van der Waals surface area contributed by atoms with Crippen molar-refractivity contribution in [3.8, 4) is 5.75 Å². The van der Waals surface area contributed by atoms with Gasteiger partial charge in [0, 0.05) is 13.0 Å². The second-order valence-corrected chi connectivity index (χ2v) is 13.0. The van der Waals surface area contributed by atoms with Crippen LogP contribution >= 0.6 is 0 Å². The highest BCUT2D eigenvalue weighted by Crippen LogP contribution is 2.48. The molecule has 0 aromatic heterocycles. The van der Waals surface area contributed by atoms with Crippen LogP contribution in [0.15, 0.2) is 52.8 Å². The van der Waals surface area contributed by atoms with Crippen LogP contribution in [0.4, 0.5) is 0 Å². The maximum atomic E-state index is 12.5. The van der Waals surface area contributed by atoms with E-state index in [2.05, 4.69) is 10.3 Å². The molecule has 0 amide bonds. The van der Waals surface area contributed by atoms with Gasteiger partial charge in [0.2, 0.25) is 0 Å². The van der Waals surface area contributed by atoms with Gasteiger partial charge < -0.3 is 4.74 Å². The number of benzene rings is 2. The summed E-state index contributed by atoms with van der Waals surface area (Å²) < 4.78 is 68.0. The Morgan fingerprint density at radius 1 is 0.895 bits per heavy atom. The lowest BCUT2D eigenvalue weighted by Gasteiger charge is -2.46. The SMILES string of the molecule is CCC1(CCS(=O)(=O)O)N=NN(CCCS(=O)(=O)OCCCOc2ccc3ccccc3c2)C1(CC)CC. The summed E-state index contributed by atoms with van der Waals surface area (Å²) >= 11 is 0. The lowest BCUT2D eigenvalue weighted by molar-refractivity contribution is 0.0460. The summed E-state index contributed by atoms with van der Waals surface area (Å²) in [5.74, 6) is 0.155. The van der Waals surface area contributed by atoms with E-state index < -0.39 is 37.1 Å². The van der Waals surface area contributed by atoms with E-state index in [4.69, 9.17) is 8.92 Å². The van der Waals surface area contributed by atoms with Crippen LogP contribution in [0.3, 0.4) is 0 Å². The third-order valence-electron chi connectivity index (χ3n) is 7.54. The number of ether oxygens (including phenoxy) is 1. The van der Waals surface area contributed by atoms with Crippen molar-refractivity contribution >= 4 is 31.0 Å². The Kier molecular flexibility index (Phi) is 10.1. The molecule has 1 unspecified atom stereocenters. The zero-order chi connectivity index (χ0) is 27.9. The largest absolute Gasteiger partial charge is 0.493 e. The van der Waals surface area contributed by atoms with Gasteiger partial charge in [0.15, 0.2) is 0 Å². The van der Waals surface area contributed by atoms with Gasteiger partial charge >= 0.3 is 0 Å². The molecule has 0 radical (unpaired) electrons. The summed E-state index contributed by atoms with van der Waals surface area (Å²) in [5, 5.41) is 12.8. The normalized spacial score (nSPS) is 19.3. The minimum Gasteiger partial charge on any atom is -0.493 e. The third kappa shape index (κ3) is 7.22. The van der Waals surface area contributed by atoms with Gasteiger partial charge in [-0.1, -0.05) is 56.3 Å². The van der Waals surface area contributed by atoms with E-state index in [1.165, 1.54) is 0 Å². The Morgan fingerprint density at radius 2 is 1.61 bits per heavy atom. The Morgan fingerprint density at radius 3 is 2.26 bits per heavy atom. The molecular formula is C26H39N3O7S2. The standard InChI is InChI=1S/C26H39N3O7S2/c1-4-25(15-20-37(30,31)32)26(5-2,6-3)29(28-27-25)16-9-19-38(33,34)36-18-10-17-35-24-14-13-22-11-7-8-12-23(22)21-24/h7-8,11-14,21H,4-6,9-10,15-20H2,1-3H3,(H,30,31,32). The molecule has 1 aliphatic heterocycles. The van der Waals surface area contributed by atoms with Crippen molar-refractivity contribution in [2.45, 2.75) is 70.4 Å². The molecule has 0 saturated carbocycles. The van der Waals surface area contributed by atoms with Crippen molar-refractivity contribution in [2.75, 3.05) is 31.3 Å².